The van der Waals surface area contributed by atoms with Gasteiger partial charge >= 0.3 is 51.4 Å². The molecule has 0 aliphatic heterocycles. The Morgan fingerprint density at radius 2 is 1.32 bits per heavy atom. The van der Waals surface area contributed by atoms with E-state index in [2.05, 4.69) is 12.2 Å². The predicted molar refractivity (Wildman–Crippen MR) is 99.1 cm³/mol. The molecule has 7 heteroatoms. The van der Waals surface area contributed by atoms with Crippen LogP contribution < -0.4 is 56.7 Å². The molecule has 0 spiro atoms. The van der Waals surface area contributed by atoms with Crippen molar-refractivity contribution in [3.63, 3.8) is 0 Å². The number of rotatable bonds is 18. The minimum Gasteiger partial charge on any atom is -0.748 e. The predicted octanol–water partition coefficient (Wildman–Crippen LogP) is 0.577. The Hall–Kier alpha value is 1.47. The maximum Gasteiger partial charge on any atom is 1.00 e. The standard InChI is InChI=1S/C18H39NO4S.K/c1-2-3-4-5-6-7-8-9-10-11-12-13-14-18(20)17-19-15-16-24(21,22)23;/h18-20H,2-17H2,1H3,(H,21,22,23);/q;+1/p-1. The summed E-state index contributed by atoms with van der Waals surface area (Å²) in [7, 11) is -4.16. The van der Waals surface area contributed by atoms with Crippen LogP contribution in [0.4, 0.5) is 0 Å². The summed E-state index contributed by atoms with van der Waals surface area (Å²) < 4.78 is 31.2. The molecule has 0 aliphatic carbocycles. The Labute approximate surface area is 198 Å². The zero-order chi connectivity index (χ0) is 18.1. The van der Waals surface area contributed by atoms with Gasteiger partial charge in [-0.05, 0) is 6.42 Å². The van der Waals surface area contributed by atoms with Gasteiger partial charge < -0.3 is 15.0 Å². The van der Waals surface area contributed by atoms with Crippen molar-refractivity contribution in [1.82, 2.24) is 5.32 Å². The Balaban J connectivity index is 0. The second kappa shape index (κ2) is 20.2. The van der Waals surface area contributed by atoms with Crippen molar-refractivity contribution in [2.45, 2.75) is 96.5 Å². The van der Waals surface area contributed by atoms with Crippen LogP contribution in [0.5, 0.6) is 0 Å². The van der Waals surface area contributed by atoms with Crippen molar-refractivity contribution >= 4 is 10.1 Å². The molecular formula is C18H38KNO4S. The molecule has 5 nitrogen and oxygen atoms in total. The van der Waals surface area contributed by atoms with E-state index in [4.69, 9.17) is 0 Å². The maximum absolute atomic E-state index is 10.4. The molecule has 0 saturated heterocycles. The third-order valence-electron chi connectivity index (χ3n) is 4.30. The number of aliphatic hydroxyl groups excluding tert-OH is 1. The molecule has 0 aromatic carbocycles. The molecule has 0 aromatic rings. The first kappa shape index (κ1) is 28.7. The van der Waals surface area contributed by atoms with E-state index < -0.39 is 22.0 Å². The number of aliphatic hydroxyl groups is 1. The van der Waals surface area contributed by atoms with Crippen LogP contribution in [0.15, 0.2) is 0 Å². The van der Waals surface area contributed by atoms with Crippen LogP contribution in [0.25, 0.3) is 0 Å². The fraction of sp³-hybridized carbons (Fsp3) is 1.00. The second-order valence-electron chi connectivity index (χ2n) is 6.80. The van der Waals surface area contributed by atoms with E-state index in [1.165, 1.54) is 64.2 Å². The molecule has 0 fully saturated rings. The molecule has 1 unspecified atom stereocenters. The normalized spacial score (nSPS) is 12.8. The summed E-state index contributed by atoms with van der Waals surface area (Å²) in [6.45, 7) is 2.71. The molecular weight excluding hydrogens is 365 g/mol. The third-order valence-corrected chi connectivity index (χ3v) is 5.00. The summed E-state index contributed by atoms with van der Waals surface area (Å²) in [6.07, 6.45) is 15.8. The van der Waals surface area contributed by atoms with Crippen LogP contribution in [-0.4, -0.2) is 43.0 Å². The van der Waals surface area contributed by atoms with E-state index in [0.717, 1.165) is 19.3 Å². The van der Waals surface area contributed by atoms with Crippen molar-refractivity contribution < 1.29 is 69.5 Å². The van der Waals surface area contributed by atoms with E-state index in [1.807, 2.05) is 0 Å². The fourth-order valence-electron chi connectivity index (χ4n) is 2.79. The minimum atomic E-state index is -4.16. The smallest absolute Gasteiger partial charge is 0.748 e. The molecule has 2 N–H and O–H groups in total. The van der Waals surface area contributed by atoms with Crippen LogP contribution in [-0.2, 0) is 10.1 Å². The zero-order valence-corrected chi connectivity index (χ0v) is 20.4. The number of nitrogens with one attached hydrogen (secondary N) is 1. The largest absolute Gasteiger partial charge is 1.00 e. The van der Waals surface area contributed by atoms with Crippen LogP contribution in [0.1, 0.15) is 90.4 Å². The van der Waals surface area contributed by atoms with E-state index in [9.17, 15) is 18.1 Å². The molecule has 146 valence electrons. The van der Waals surface area contributed by atoms with E-state index >= 15 is 0 Å². The summed E-state index contributed by atoms with van der Waals surface area (Å²) in [5.74, 6) is -0.418. The first-order chi connectivity index (χ1) is 11.5. The van der Waals surface area contributed by atoms with E-state index in [1.54, 1.807) is 0 Å². The first-order valence-electron chi connectivity index (χ1n) is 9.78. The number of hydrogen-bond donors (Lipinski definition) is 2. The molecule has 0 radical (unpaired) electrons. The SMILES string of the molecule is CCCCCCCCCCCCCCC(O)CNCCS(=O)(=O)[O-].[K+]. The quantitative estimate of drug-likeness (QED) is 0.198. The molecule has 1 atom stereocenters. The summed E-state index contributed by atoms with van der Waals surface area (Å²) in [4.78, 5) is 0. The molecule has 0 bridgehead atoms. The monoisotopic (exact) mass is 403 g/mol. The fourth-order valence-corrected chi connectivity index (χ4v) is 3.18. The summed E-state index contributed by atoms with van der Waals surface area (Å²) in [5.41, 5.74) is 0. The van der Waals surface area contributed by atoms with Gasteiger partial charge in [0.1, 0.15) is 0 Å². The van der Waals surface area contributed by atoms with E-state index in [0.29, 0.717) is 6.54 Å². The molecule has 0 amide bonds. The van der Waals surface area contributed by atoms with Crippen molar-refractivity contribution in [3.8, 4) is 0 Å². The van der Waals surface area contributed by atoms with Crippen LogP contribution in [0, 0.1) is 0 Å². The van der Waals surface area contributed by atoms with Crippen molar-refractivity contribution in [3.05, 3.63) is 0 Å². The molecule has 0 rings (SSSR count). The van der Waals surface area contributed by atoms with Gasteiger partial charge in [0.2, 0.25) is 0 Å². The molecule has 0 aliphatic rings. The van der Waals surface area contributed by atoms with Gasteiger partial charge in [0.05, 0.1) is 22.0 Å². The van der Waals surface area contributed by atoms with Gasteiger partial charge in [0.25, 0.3) is 0 Å². The summed E-state index contributed by atoms with van der Waals surface area (Å²) in [6, 6.07) is 0. The number of hydrogen-bond acceptors (Lipinski definition) is 5. The van der Waals surface area contributed by atoms with Gasteiger partial charge in [-0.15, -0.1) is 0 Å². The van der Waals surface area contributed by atoms with Gasteiger partial charge in [-0.25, -0.2) is 8.42 Å². The zero-order valence-electron chi connectivity index (χ0n) is 16.5. The Morgan fingerprint density at radius 1 is 0.880 bits per heavy atom. The van der Waals surface area contributed by atoms with Crippen LogP contribution >= 0.6 is 0 Å². The molecule has 0 saturated carbocycles. The Morgan fingerprint density at radius 3 is 1.76 bits per heavy atom. The van der Waals surface area contributed by atoms with Gasteiger partial charge in [-0.3, -0.25) is 0 Å². The van der Waals surface area contributed by atoms with Crippen molar-refractivity contribution in [2.24, 2.45) is 0 Å². The first-order valence-corrected chi connectivity index (χ1v) is 11.4. The van der Waals surface area contributed by atoms with Crippen molar-refractivity contribution in [1.29, 1.82) is 0 Å². The summed E-state index contributed by atoms with van der Waals surface area (Å²) in [5, 5.41) is 12.6. The van der Waals surface area contributed by atoms with Crippen LogP contribution in [0.3, 0.4) is 0 Å². The Kier molecular flexibility index (Phi) is 23.2. The van der Waals surface area contributed by atoms with Gasteiger partial charge in [-0.1, -0.05) is 84.0 Å². The van der Waals surface area contributed by atoms with Gasteiger partial charge in [0, 0.05) is 13.1 Å². The van der Waals surface area contributed by atoms with Crippen molar-refractivity contribution in [2.75, 3.05) is 18.8 Å². The average molecular weight is 404 g/mol. The van der Waals surface area contributed by atoms with E-state index in [-0.39, 0.29) is 57.9 Å². The maximum atomic E-state index is 10.4. The number of unbranched alkanes of at least 4 members (excludes halogenated alkanes) is 11. The van der Waals surface area contributed by atoms with Gasteiger partial charge in [0.15, 0.2) is 0 Å². The second-order valence-corrected chi connectivity index (χ2v) is 8.32. The molecule has 0 heterocycles. The third kappa shape index (κ3) is 25.5. The minimum absolute atomic E-state index is 0. The van der Waals surface area contributed by atoms with Crippen LogP contribution in [0.2, 0.25) is 0 Å². The molecule has 0 aromatic heterocycles. The molecule has 25 heavy (non-hydrogen) atoms. The Bertz CT molecular complexity index is 366. The topological polar surface area (TPSA) is 89.5 Å². The van der Waals surface area contributed by atoms with Gasteiger partial charge in [-0.2, -0.15) is 0 Å². The summed E-state index contributed by atoms with van der Waals surface area (Å²) >= 11 is 0. The average Bonchev–Trinajstić information content (AvgIpc) is 2.52.